The van der Waals surface area contributed by atoms with Crippen LogP contribution in [0.4, 0.5) is 0 Å². The number of carbonyl (C=O) groups is 1. The first-order chi connectivity index (χ1) is 5.88. The first-order valence-electron chi connectivity index (χ1n) is 3.52. The fourth-order valence-corrected chi connectivity index (χ4v) is 1.46. The van der Waals surface area contributed by atoms with E-state index in [0.717, 1.165) is 6.29 Å². The molecule has 0 spiro atoms. The first-order valence-corrected chi connectivity index (χ1v) is 4.51. The van der Waals surface area contributed by atoms with Crippen LogP contribution in [0.25, 0.3) is 0 Å². The Morgan fingerprint density at radius 2 is 2.50 bits per heavy atom. The molecule has 64 valence electrons. The number of nitrogens with zero attached hydrogens (tertiary/aromatic N) is 1. The van der Waals surface area contributed by atoms with Crippen molar-refractivity contribution in [2.75, 3.05) is 12.4 Å². The summed E-state index contributed by atoms with van der Waals surface area (Å²) in [5, 5.41) is 9.24. The molecular formula is C8H9NO2S. The lowest BCUT2D eigenvalue weighted by atomic mass is 10.3. The highest BCUT2D eigenvalue weighted by Gasteiger charge is 2.00. The predicted molar refractivity (Wildman–Crippen MR) is 47.4 cm³/mol. The number of rotatable bonds is 4. The highest BCUT2D eigenvalue weighted by molar-refractivity contribution is 7.99. The zero-order valence-corrected chi connectivity index (χ0v) is 7.25. The number of aliphatic hydroxyl groups excluding tert-OH is 1. The molecule has 0 amide bonds. The number of hydrogen-bond donors (Lipinski definition) is 1. The average molecular weight is 183 g/mol. The zero-order valence-electron chi connectivity index (χ0n) is 6.43. The summed E-state index contributed by atoms with van der Waals surface area (Å²) in [5.74, 6) is 0.567. The van der Waals surface area contributed by atoms with Gasteiger partial charge < -0.3 is 5.11 Å². The highest BCUT2D eigenvalue weighted by Crippen LogP contribution is 2.17. The van der Waals surface area contributed by atoms with Crippen LogP contribution < -0.4 is 0 Å². The Morgan fingerprint density at radius 1 is 1.67 bits per heavy atom. The van der Waals surface area contributed by atoms with E-state index in [4.69, 9.17) is 5.11 Å². The second-order valence-corrected chi connectivity index (χ2v) is 3.17. The quantitative estimate of drug-likeness (QED) is 0.558. The van der Waals surface area contributed by atoms with Gasteiger partial charge in [-0.05, 0) is 12.1 Å². The van der Waals surface area contributed by atoms with Crippen molar-refractivity contribution in [1.82, 2.24) is 4.98 Å². The minimum absolute atomic E-state index is 0.0968. The Bertz CT molecular complexity index is 265. The maximum atomic E-state index is 10.5. The van der Waals surface area contributed by atoms with Gasteiger partial charge in [0.15, 0.2) is 6.29 Å². The maximum absolute atomic E-state index is 10.5. The Balaban J connectivity index is 2.75. The normalized spacial score (nSPS) is 9.75. The largest absolute Gasteiger partial charge is 0.396 e. The molecule has 0 bridgehead atoms. The zero-order chi connectivity index (χ0) is 8.81. The number of aldehydes is 1. The standard InChI is InChI=1S/C8H9NO2S/c10-4-5-12-8-7(6-11)2-1-3-9-8/h1-3,6,10H,4-5H2. The molecule has 1 heterocycles. The summed E-state index contributed by atoms with van der Waals surface area (Å²) in [7, 11) is 0. The Labute approximate surface area is 74.8 Å². The van der Waals surface area contributed by atoms with Crippen LogP contribution in [0.15, 0.2) is 23.4 Å². The average Bonchev–Trinajstić information content (AvgIpc) is 2.15. The molecule has 1 aromatic heterocycles. The van der Waals surface area contributed by atoms with E-state index in [1.807, 2.05) is 0 Å². The SMILES string of the molecule is O=Cc1cccnc1SCCO. The van der Waals surface area contributed by atoms with Crippen LogP contribution in [-0.2, 0) is 0 Å². The van der Waals surface area contributed by atoms with Crippen LogP contribution in [-0.4, -0.2) is 28.7 Å². The Hall–Kier alpha value is -0.870. The third-order valence-corrected chi connectivity index (χ3v) is 2.26. The summed E-state index contributed by atoms with van der Waals surface area (Å²) in [6, 6.07) is 3.42. The van der Waals surface area contributed by atoms with Crippen molar-refractivity contribution in [3.63, 3.8) is 0 Å². The van der Waals surface area contributed by atoms with Gasteiger partial charge >= 0.3 is 0 Å². The van der Waals surface area contributed by atoms with Gasteiger partial charge in [0.05, 0.1) is 6.61 Å². The van der Waals surface area contributed by atoms with Crippen molar-refractivity contribution in [3.8, 4) is 0 Å². The van der Waals surface area contributed by atoms with E-state index in [-0.39, 0.29) is 6.61 Å². The third kappa shape index (κ3) is 2.32. The monoisotopic (exact) mass is 183 g/mol. The molecular weight excluding hydrogens is 174 g/mol. The molecule has 0 radical (unpaired) electrons. The number of aliphatic hydroxyl groups is 1. The predicted octanol–water partition coefficient (Wildman–Crippen LogP) is 0.978. The number of carbonyl (C=O) groups excluding carboxylic acids is 1. The molecule has 0 atom stereocenters. The van der Waals surface area contributed by atoms with Gasteiger partial charge in [-0.25, -0.2) is 4.98 Å². The van der Waals surface area contributed by atoms with Crippen LogP contribution in [0.2, 0.25) is 0 Å². The van der Waals surface area contributed by atoms with Gasteiger partial charge in [-0.1, -0.05) is 0 Å². The van der Waals surface area contributed by atoms with Crippen LogP contribution in [0.3, 0.4) is 0 Å². The molecule has 0 aliphatic heterocycles. The van der Waals surface area contributed by atoms with E-state index in [1.165, 1.54) is 11.8 Å². The minimum Gasteiger partial charge on any atom is -0.396 e. The van der Waals surface area contributed by atoms with Gasteiger partial charge in [0, 0.05) is 17.5 Å². The molecule has 0 saturated carbocycles. The number of thioether (sulfide) groups is 1. The van der Waals surface area contributed by atoms with Gasteiger partial charge in [0.1, 0.15) is 5.03 Å². The lowest BCUT2D eigenvalue weighted by Gasteiger charge is -1.99. The molecule has 0 aliphatic carbocycles. The summed E-state index contributed by atoms with van der Waals surface area (Å²) in [6.45, 7) is 0.0968. The number of pyridine rings is 1. The van der Waals surface area contributed by atoms with Gasteiger partial charge in [-0.15, -0.1) is 11.8 Å². The van der Waals surface area contributed by atoms with Gasteiger partial charge in [-0.3, -0.25) is 4.79 Å². The molecule has 1 rings (SSSR count). The summed E-state index contributed by atoms with van der Waals surface area (Å²) >= 11 is 1.38. The maximum Gasteiger partial charge on any atom is 0.152 e. The van der Waals surface area contributed by atoms with E-state index in [9.17, 15) is 4.79 Å². The van der Waals surface area contributed by atoms with E-state index < -0.39 is 0 Å². The van der Waals surface area contributed by atoms with E-state index in [1.54, 1.807) is 18.3 Å². The van der Waals surface area contributed by atoms with Gasteiger partial charge in [0.25, 0.3) is 0 Å². The van der Waals surface area contributed by atoms with E-state index in [0.29, 0.717) is 16.3 Å². The molecule has 0 fully saturated rings. The molecule has 0 saturated heterocycles. The molecule has 4 heteroatoms. The molecule has 0 unspecified atom stereocenters. The molecule has 12 heavy (non-hydrogen) atoms. The van der Waals surface area contributed by atoms with Crippen LogP contribution >= 0.6 is 11.8 Å². The fraction of sp³-hybridized carbons (Fsp3) is 0.250. The molecule has 1 aromatic rings. The number of aromatic nitrogens is 1. The lowest BCUT2D eigenvalue weighted by Crippen LogP contribution is -1.92. The van der Waals surface area contributed by atoms with Crippen LogP contribution in [0.5, 0.6) is 0 Å². The second-order valence-electron chi connectivity index (χ2n) is 2.09. The van der Waals surface area contributed by atoms with Gasteiger partial charge in [0.2, 0.25) is 0 Å². The molecule has 3 nitrogen and oxygen atoms in total. The smallest absolute Gasteiger partial charge is 0.152 e. The van der Waals surface area contributed by atoms with Crippen LogP contribution in [0.1, 0.15) is 10.4 Å². The molecule has 1 N–H and O–H groups in total. The summed E-state index contributed by atoms with van der Waals surface area (Å²) < 4.78 is 0. The van der Waals surface area contributed by atoms with Crippen molar-refractivity contribution >= 4 is 18.0 Å². The Kier molecular flexibility index (Phi) is 3.76. The molecule has 0 aromatic carbocycles. The second kappa shape index (κ2) is 4.90. The molecule has 0 aliphatic rings. The van der Waals surface area contributed by atoms with Crippen molar-refractivity contribution in [2.45, 2.75) is 5.03 Å². The summed E-state index contributed by atoms with van der Waals surface area (Å²) in [4.78, 5) is 14.5. The van der Waals surface area contributed by atoms with Crippen LogP contribution in [0, 0.1) is 0 Å². The lowest BCUT2D eigenvalue weighted by molar-refractivity contribution is 0.112. The van der Waals surface area contributed by atoms with Crippen molar-refractivity contribution in [1.29, 1.82) is 0 Å². The van der Waals surface area contributed by atoms with Crippen molar-refractivity contribution in [2.24, 2.45) is 0 Å². The number of hydrogen-bond acceptors (Lipinski definition) is 4. The van der Waals surface area contributed by atoms with Crippen molar-refractivity contribution < 1.29 is 9.90 Å². The fourth-order valence-electron chi connectivity index (χ4n) is 0.756. The topological polar surface area (TPSA) is 50.2 Å². The Morgan fingerprint density at radius 3 is 3.17 bits per heavy atom. The third-order valence-electron chi connectivity index (χ3n) is 1.26. The summed E-state index contributed by atoms with van der Waals surface area (Å²) in [5.41, 5.74) is 0.580. The van der Waals surface area contributed by atoms with Gasteiger partial charge in [-0.2, -0.15) is 0 Å². The minimum atomic E-state index is 0.0968. The van der Waals surface area contributed by atoms with E-state index >= 15 is 0 Å². The summed E-state index contributed by atoms with van der Waals surface area (Å²) in [6.07, 6.45) is 2.40. The van der Waals surface area contributed by atoms with E-state index in [2.05, 4.69) is 4.98 Å². The highest BCUT2D eigenvalue weighted by atomic mass is 32.2. The first kappa shape index (κ1) is 9.22. The van der Waals surface area contributed by atoms with Crippen molar-refractivity contribution in [3.05, 3.63) is 23.9 Å².